The predicted octanol–water partition coefficient (Wildman–Crippen LogP) is 3.92. The van der Waals surface area contributed by atoms with Crippen LogP contribution in [-0.2, 0) is 0 Å². The zero-order valence-electron chi connectivity index (χ0n) is 27.6. The van der Waals surface area contributed by atoms with Gasteiger partial charge < -0.3 is 0 Å². The summed E-state index contributed by atoms with van der Waals surface area (Å²) in [5, 5.41) is 22.8. The summed E-state index contributed by atoms with van der Waals surface area (Å²) < 4.78 is 0. The van der Waals surface area contributed by atoms with E-state index in [0.29, 0.717) is 0 Å². The molecule has 210 valence electrons. The quantitative estimate of drug-likeness (QED) is 0.168. The molecule has 3 heteroatoms. The van der Waals surface area contributed by atoms with Crippen molar-refractivity contribution in [2.24, 2.45) is 0 Å². The van der Waals surface area contributed by atoms with Gasteiger partial charge in [-0.3, -0.25) is 0 Å². The molecule has 0 atom stereocenters. The Balaban J connectivity index is 0.00000121. The Morgan fingerprint density at radius 3 is 0.521 bits per heavy atom. The van der Waals surface area contributed by atoms with Gasteiger partial charge in [0.25, 0.3) is 0 Å². The van der Waals surface area contributed by atoms with Crippen LogP contribution in [0.4, 0.5) is 0 Å². The van der Waals surface area contributed by atoms with Crippen molar-refractivity contribution in [3.05, 3.63) is 164 Å². The molecular formula is C45H27K3. The Bertz CT molecular complexity index is 2420. The number of hydrogen-bond donors (Lipinski definition) is 0. The van der Waals surface area contributed by atoms with Crippen LogP contribution in [0, 0.1) is 0 Å². The molecule has 0 aliphatic heterocycles. The van der Waals surface area contributed by atoms with E-state index in [4.69, 9.17) is 0 Å². The Labute approximate surface area is 406 Å². The minimum absolute atomic E-state index is 0. The SMILES string of the molecule is [K+].[K+].[K+].c1cc2ccc3c(c2)[cH-]c2cc(ccc4ccc5c(c4)[cH-]c4cc(ccc6ccc7c(c6)[cH-]c6cc1ccc67)ccc45)ccc23. The van der Waals surface area contributed by atoms with Gasteiger partial charge in [-0.2, -0.15) is 0 Å². The molecule has 10 rings (SSSR count). The maximum absolute atomic E-state index is 2.33. The van der Waals surface area contributed by atoms with Gasteiger partial charge in [0.1, 0.15) is 0 Å². The Morgan fingerprint density at radius 2 is 0.354 bits per heavy atom. The van der Waals surface area contributed by atoms with Gasteiger partial charge in [-0.1, -0.05) is 142 Å². The first kappa shape index (κ1) is 35.5. The summed E-state index contributed by atoms with van der Waals surface area (Å²) in [7, 11) is 0. The summed E-state index contributed by atoms with van der Waals surface area (Å²) >= 11 is 0. The van der Waals surface area contributed by atoms with Crippen molar-refractivity contribution in [1.29, 1.82) is 0 Å². The molecule has 10 aromatic rings. The Hall–Kier alpha value is -0.941. The van der Waals surface area contributed by atoms with E-state index < -0.39 is 0 Å². The van der Waals surface area contributed by atoms with E-state index in [0.717, 1.165) is 0 Å². The fourth-order valence-corrected chi connectivity index (χ4v) is 7.38. The average molecular weight is 685 g/mol. The summed E-state index contributed by atoms with van der Waals surface area (Å²) in [5.41, 5.74) is 0. The smallest absolute Gasteiger partial charge is 0.126 e. The van der Waals surface area contributed by atoms with Crippen molar-refractivity contribution in [3.8, 4) is 0 Å². The summed E-state index contributed by atoms with van der Waals surface area (Å²) in [6.07, 6.45) is 0. The van der Waals surface area contributed by atoms with Gasteiger partial charge in [0.15, 0.2) is 0 Å². The molecule has 0 nitrogen and oxygen atoms in total. The summed E-state index contributed by atoms with van der Waals surface area (Å²) in [5.74, 6) is 0. The monoisotopic (exact) mass is 684 g/mol. The summed E-state index contributed by atoms with van der Waals surface area (Å²) in [4.78, 5) is 0. The Kier molecular flexibility index (Phi) is 10.8. The second kappa shape index (κ2) is 14.6. The van der Waals surface area contributed by atoms with Crippen molar-refractivity contribution in [2.45, 2.75) is 0 Å². The van der Waals surface area contributed by atoms with Crippen LogP contribution in [0.25, 0.3) is 97.0 Å². The van der Waals surface area contributed by atoms with Crippen molar-refractivity contribution in [1.82, 2.24) is 0 Å². The molecule has 0 aromatic heterocycles. The maximum atomic E-state index is 2.33. The molecule has 0 heterocycles. The van der Waals surface area contributed by atoms with Crippen LogP contribution in [0.15, 0.2) is 164 Å². The number of benzene rings is 6. The molecule has 0 radical (unpaired) electrons. The van der Waals surface area contributed by atoms with Crippen LogP contribution in [0.3, 0.4) is 0 Å². The van der Waals surface area contributed by atoms with Crippen LogP contribution < -0.4 is 154 Å². The average Bonchev–Trinajstić information content (AvgIpc) is 3.73. The standard InChI is InChI=1S/C45H27.3K/c1-2-29-8-14-41-35(20-29)26-37-22-31(10-16-43(37)41)5-6-33-12-18-45-39(24-33)27-38-23-32(11-17-44(38)45)4-3-30-9-15-42-36(21-30)25-34-19-28(1)7-13-40(34)42;;;/h1-27H;;;/q-3;3*+1. The van der Waals surface area contributed by atoms with Gasteiger partial charge in [0.05, 0.1) is 0 Å². The largest absolute Gasteiger partial charge is 1.00 e. The van der Waals surface area contributed by atoms with Gasteiger partial charge in [-0.05, 0) is 0 Å². The fourth-order valence-electron chi connectivity index (χ4n) is 7.38. The third-order valence-electron chi connectivity index (χ3n) is 9.66. The fraction of sp³-hybridized carbons (Fsp3) is 0. The minimum Gasteiger partial charge on any atom is -0.126 e. The molecule has 0 fully saturated rings. The molecule has 12 bridgehead atoms. The van der Waals surface area contributed by atoms with E-state index in [2.05, 4.69) is 164 Å². The van der Waals surface area contributed by atoms with Crippen molar-refractivity contribution in [2.75, 3.05) is 0 Å². The molecule has 0 aliphatic rings. The zero-order chi connectivity index (χ0) is 29.5. The molecule has 0 aliphatic carbocycles. The molecular weight excluding hydrogens is 658 g/mol. The van der Waals surface area contributed by atoms with Gasteiger partial charge >= 0.3 is 154 Å². The van der Waals surface area contributed by atoms with Gasteiger partial charge in [0.2, 0.25) is 0 Å². The van der Waals surface area contributed by atoms with Crippen LogP contribution in [-0.4, -0.2) is 0 Å². The summed E-state index contributed by atoms with van der Waals surface area (Å²) in [6, 6.07) is 61.2. The zero-order valence-corrected chi connectivity index (χ0v) is 37.0. The number of rotatable bonds is 0. The Morgan fingerprint density at radius 1 is 0.208 bits per heavy atom. The predicted molar refractivity (Wildman–Crippen MR) is 197 cm³/mol. The van der Waals surface area contributed by atoms with E-state index in [1.54, 1.807) is 0 Å². The normalized spacial score (nSPS) is 11.2. The van der Waals surface area contributed by atoms with E-state index in [-0.39, 0.29) is 154 Å². The molecule has 10 aromatic carbocycles. The van der Waals surface area contributed by atoms with Gasteiger partial charge in [-0.25, -0.2) is 0 Å². The van der Waals surface area contributed by atoms with Crippen molar-refractivity contribution < 1.29 is 154 Å². The molecule has 48 heavy (non-hydrogen) atoms. The van der Waals surface area contributed by atoms with E-state index in [1.165, 1.54) is 97.0 Å². The van der Waals surface area contributed by atoms with Crippen molar-refractivity contribution >= 4 is 97.0 Å². The van der Waals surface area contributed by atoms with E-state index in [9.17, 15) is 0 Å². The van der Waals surface area contributed by atoms with Gasteiger partial charge in [-0.15, -0.1) is 119 Å². The molecule has 0 saturated heterocycles. The third-order valence-corrected chi connectivity index (χ3v) is 9.66. The van der Waals surface area contributed by atoms with Crippen LogP contribution in [0.1, 0.15) is 0 Å². The molecule has 0 N–H and O–H groups in total. The summed E-state index contributed by atoms with van der Waals surface area (Å²) in [6.45, 7) is 0. The van der Waals surface area contributed by atoms with Gasteiger partial charge in [0, 0.05) is 0 Å². The van der Waals surface area contributed by atoms with E-state index >= 15 is 0 Å². The van der Waals surface area contributed by atoms with Crippen molar-refractivity contribution in [3.63, 3.8) is 0 Å². The topological polar surface area (TPSA) is 0 Å². The first-order valence-corrected chi connectivity index (χ1v) is 15.6. The van der Waals surface area contributed by atoms with Crippen LogP contribution >= 0.6 is 0 Å². The molecule has 0 saturated carbocycles. The van der Waals surface area contributed by atoms with E-state index in [1.807, 2.05) is 0 Å². The first-order chi connectivity index (χ1) is 22.2. The van der Waals surface area contributed by atoms with Crippen LogP contribution in [0.5, 0.6) is 0 Å². The second-order valence-corrected chi connectivity index (χ2v) is 12.5. The molecule has 0 spiro atoms. The maximum Gasteiger partial charge on any atom is 1.00 e. The third kappa shape index (κ3) is 6.49. The second-order valence-electron chi connectivity index (χ2n) is 12.5. The number of hydrogen-bond acceptors (Lipinski definition) is 0. The van der Waals surface area contributed by atoms with Crippen LogP contribution in [0.2, 0.25) is 0 Å². The minimum atomic E-state index is 0. The molecule has 0 unspecified atom stereocenters. The first-order valence-electron chi connectivity index (χ1n) is 15.6. The molecule has 0 amide bonds. The number of fused-ring (bicyclic) bond motifs is 9.